The molecule has 1 N–H and O–H groups in total. The number of rotatable bonds is 2. The number of hydrogen-bond donors (Lipinski definition) is 1. The summed E-state index contributed by atoms with van der Waals surface area (Å²) in [4.78, 5) is 0. The number of fused-ring (bicyclic) bond motifs is 1. The summed E-state index contributed by atoms with van der Waals surface area (Å²) in [6, 6.07) is 4.05. The molecule has 2 aromatic rings. The summed E-state index contributed by atoms with van der Waals surface area (Å²) in [6.07, 6.45) is -4.52. The van der Waals surface area contributed by atoms with Crippen molar-refractivity contribution < 1.29 is 27.8 Å². The first-order chi connectivity index (χ1) is 10.0. The van der Waals surface area contributed by atoms with Crippen LogP contribution in [0.4, 0.5) is 13.2 Å². The molecule has 0 spiro atoms. The molecule has 114 valence electrons. The average molecular weight is 302 g/mol. The van der Waals surface area contributed by atoms with E-state index >= 15 is 0 Å². The Kier molecular flexibility index (Phi) is 3.60. The van der Waals surface area contributed by atoms with Gasteiger partial charge in [0.2, 0.25) is 0 Å². The Morgan fingerprint density at radius 1 is 1.29 bits per heavy atom. The highest BCUT2D eigenvalue weighted by Crippen LogP contribution is 2.33. The van der Waals surface area contributed by atoms with Gasteiger partial charge in [0.1, 0.15) is 0 Å². The maximum Gasteiger partial charge on any atom is 0.435 e. The Labute approximate surface area is 117 Å². The van der Waals surface area contributed by atoms with Crippen molar-refractivity contribution in [3.05, 3.63) is 35.2 Å². The summed E-state index contributed by atoms with van der Waals surface area (Å²) in [7, 11) is 0. The van der Waals surface area contributed by atoms with Crippen LogP contribution >= 0.6 is 0 Å². The van der Waals surface area contributed by atoms with Gasteiger partial charge in [0, 0.05) is 5.56 Å². The fourth-order valence-corrected chi connectivity index (χ4v) is 2.27. The summed E-state index contributed by atoms with van der Waals surface area (Å²) in [5.41, 5.74) is -0.0591. The number of pyridine rings is 1. The van der Waals surface area contributed by atoms with Crippen LogP contribution in [0.25, 0.3) is 5.52 Å². The molecule has 2 aromatic heterocycles. The fourth-order valence-electron chi connectivity index (χ4n) is 2.27. The fraction of sp³-hybridized carbons (Fsp3) is 0.462. The Morgan fingerprint density at radius 2 is 2.00 bits per heavy atom. The lowest BCUT2D eigenvalue weighted by Crippen LogP contribution is -2.18. The number of hydrogen-bond acceptors (Lipinski definition) is 4. The third-order valence-corrected chi connectivity index (χ3v) is 3.27. The molecule has 0 unspecified atom stereocenters. The van der Waals surface area contributed by atoms with Crippen LogP contribution in [-0.2, 0) is 22.3 Å². The maximum absolute atomic E-state index is 12.8. The van der Waals surface area contributed by atoms with Gasteiger partial charge < -0.3 is 14.6 Å². The van der Waals surface area contributed by atoms with E-state index in [1.54, 1.807) is 6.07 Å². The Bertz CT molecular complexity index is 648. The van der Waals surface area contributed by atoms with Crippen LogP contribution < -0.4 is 0 Å². The largest absolute Gasteiger partial charge is 0.435 e. The monoisotopic (exact) mass is 302 g/mol. The van der Waals surface area contributed by atoms with E-state index in [1.165, 1.54) is 6.07 Å². The van der Waals surface area contributed by atoms with Gasteiger partial charge in [-0.3, -0.25) is 0 Å². The molecule has 0 aromatic carbocycles. The average Bonchev–Trinajstić information content (AvgIpc) is 2.92. The first-order valence-electron chi connectivity index (χ1n) is 6.43. The van der Waals surface area contributed by atoms with E-state index in [-0.39, 0.29) is 11.2 Å². The van der Waals surface area contributed by atoms with Gasteiger partial charge in [-0.05, 0) is 24.6 Å². The number of aliphatic hydroxyl groups excluding tert-OH is 1. The molecule has 1 aliphatic heterocycles. The van der Waals surface area contributed by atoms with Gasteiger partial charge in [-0.1, -0.05) is 0 Å². The zero-order valence-electron chi connectivity index (χ0n) is 10.9. The predicted molar refractivity (Wildman–Crippen MR) is 65.4 cm³/mol. The van der Waals surface area contributed by atoms with Gasteiger partial charge in [0.25, 0.3) is 0 Å². The minimum Gasteiger partial charge on any atom is -0.390 e. The standard InChI is InChI=1S/C13H13F3N2O3/c14-13(15,16)11-6-10-9(12-20-4-1-5-21-12)3-2-8(7-19)18(10)17-11/h2-3,6,12,19H,1,4-5,7H2. The molecule has 0 bridgehead atoms. The molecule has 3 heterocycles. The molecular weight excluding hydrogens is 289 g/mol. The first kappa shape index (κ1) is 14.3. The van der Waals surface area contributed by atoms with Crippen LogP contribution in [0.2, 0.25) is 0 Å². The molecule has 0 radical (unpaired) electrons. The van der Waals surface area contributed by atoms with E-state index in [1.807, 2.05) is 0 Å². The molecule has 0 saturated carbocycles. The zero-order valence-corrected chi connectivity index (χ0v) is 10.9. The molecule has 1 saturated heterocycles. The van der Waals surface area contributed by atoms with E-state index in [0.717, 1.165) is 17.0 Å². The van der Waals surface area contributed by atoms with E-state index in [9.17, 15) is 18.3 Å². The highest BCUT2D eigenvalue weighted by Gasteiger charge is 2.35. The van der Waals surface area contributed by atoms with Crippen LogP contribution in [0.1, 0.15) is 29.7 Å². The Hall–Kier alpha value is -1.64. The van der Waals surface area contributed by atoms with Gasteiger partial charge in [-0.15, -0.1) is 0 Å². The van der Waals surface area contributed by atoms with Crippen LogP contribution in [0.5, 0.6) is 0 Å². The van der Waals surface area contributed by atoms with E-state index in [4.69, 9.17) is 9.47 Å². The SMILES string of the molecule is OCc1ccc(C2OCCCO2)c2cc(C(F)(F)F)nn12. The van der Waals surface area contributed by atoms with Crippen molar-refractivity contribution in [2.24, 2.45) is 0 Å². The van der Waals surface area contributed by atoms with Crippen molar-refractivity contribution in [3.63, 3.8) is 0 Å². The second kappa shape index (κ2) is 5.28. The smallest absolute Gasteiger partial charge is 0.390 e. The van der Waals surface area contributed by atoms with Gasteiger partial charge in [0.05, 0.1) is 31.0 Å². The molecular formula is C13H13F3N2O3. The lowest BCUT2D eigenvalue weighted by Gasteiger charge is -2.24. The van der Waals surface area contributed by atoms with Gasteiger partial charge in [-0.25, -0.2) is 4.52 Å². The zero-order chi connectivity index (χ0) is 15.0. The Balaban J connectivity index is 2.14. The third kappa shape index (κ3) is 2.61. The second-order valence-corrected chi connectivity index (χ2v) is 4.69. The number of aliphatic hydroxyl groups is 1. The van der Waals surface area contributed by atoms with E-state index in [0.29, 0.717) is 18.8 Å². The number of halogens is 3. The number of ether oxygens (including phenoxy) is 2. The predicted octanol–water partition coefficient (Wildman–Crippen LogP) is 2.28. The van der Waals surface area contributed by atoms with Crippen molar-refractivity contribution in [1.29, 1.82) is 0 Å². The molecule has 0 atom stereocenters. The third-order valence-electron chi connectivity index (χ3n) is 3.27. The molecule has 8 heteroatoms. The quantitative estimate of drug-likeness (QED) is 0.924. The topological polar surface area (TPSA) is 56.0 Å². The molecule has 0 aliphatic carbocycles. The van der Waals surface area contributed by atoms with Crippen molar-refractivity contribution in [3.8, 4) is 0 Å². The molecule has 3 rings (SSSR count). The van der Waals surface area contributed by atoms with Gasteiger partial charge >= 0.3 is 6.18 Å². The summed E-state index contributed by atoms with van der Waals surface area (Å²) in [5.74, 6) is 0. The van der Waals surface area contributed by atoms with Crippen LogP contribution in [-0.4, -0.2) is 27.9 Å². The van der Waals surface area contributed by atoms with Crippen LogP contribution in [0.3, 0.4) is 0 Å². The minimum atomic E-state index is -4.55. The lowest BCUT2D eigenvalue weighted by molar-refractivity contribution is -0.182. The van der Waals surface area contributed by atoms with Crippen molar-refractivity contribution in [2.45, 2.75) is 25.5 Å². The summed E-state index contributed by atoms with van der Waals surface area (Å²) >= 11 is 0. The minimum absolute atomic E-state index is 0.223. The van der Waals surface area contributed by atoms with Crippen LogP contribution in [0, 0.1) is 0 Å². The van der Waals surface area contributed by atoms with Gasteiger partial charge in [-0.2, -0.15) is 18.3 Å². The number of alkyl halides is 3. The van der Waals surface area contributed by atoms with Crippen molar-refractivity contribution >= 4 is 5.52 Å². The summed E-state index contributed by atoms with van der Waals surface area (Å²) in [5, 5.41) is 12.8. The van der Waals surface area contributed by atoms with Crippen molar-refractivity contribution in [2.75, 3.05) is 13.2 Å². The second-order valence-electron chi connectivity index (χ2n) is 4.69. The summed E-state index contributed by atoms with van der Waals surface area (Å²) < 4.78 is 50.5. The first-order valence-corrected chi connectivity index (χ1v) is 6.43. The summed E-state index contributed by atoms with van der Waals surface area (Å²) in [6.45, 7) is 0.555. The molecule has 0 amide bonds. The molecule has 21 heavy (non-hydrogen) atoms. The highest BCUT2D eigenvalue weighted by atomic mass is 19.4. The van der Waals surface area contributed by atoms with Crippen LogP contribution in [0.15, 0.2) is 18.2 Å². The van der Waals surface area contributed by atoms with E-state index in [2.05, 4.69) is 5.10 Å². The molecule has 1 aliphatic rings. The lowest BCUT2D eigenvalue weighted by atomic mass is 10.1. The van der Waals surface area contributed by atoms with Gasteiger partial charge in [0.15, 0.2) is 12.0 Å². The maximum atomic E-state index is 12.8. The Morgan fingerprint density at radius 3 is 2.62 bits per heavy atom. The molecule has 5 nitrogen and oxygen atoms in total. The normalized spacial score (nSPS) is 17.5. The number of aromatic nitrogens is 2. The number of nitrogens with zero attached hydrogens (tertiary/aromatic N) is 2. The highest BCUT2D eigenvalue weighted by molar-refractivity contribution is 5.57. The molecule has 1 fully saturated rings. The van der Waals surface area contributed by atoms with Crippen molar-refractivity contribution in [1.82, 2.24) is 9.61 Å². The van der Waals surface area contributed by atoms with E-state index < -0.39 is 24.8 Å².